The van der Waals surface area contributed by atoms with Crippen molar-refractivity contribution in [2.45, 2.75) is 64.0 Å². The SMILES string of the molecule is CC(C)N1CCCC(c2ncc3n2C(C(=O)O)CCC3)C1. The summed E-state index contributed by atoms with van der Waals surface area (Å²) in [5.74, 6) is 0.657. The van der Waals surface area contributed by atoms with E-state index >= 15 is 0 Å². The molecule has 5 nitrogen and oxygen atoms in total. The van der Waals surface area contributed by atoms with Gasteiger partial charge in [-0.3, -0.25) is 0 Å². The highest BCUT2D eigenvalue weighted by Crippen LogP contribution is 2.33. The van der Waals surface area contributed by atoms with E-state index in [1.807, 2.05) is 10.8 Å². The molecule has 1 saturated heterocycles. The van der Waals surface area contributed by atoms with Crippen LogP contribution >= 0.6 is 0 Å². The zero-order valence-corrected chi connectivity index (χ0v) is 13.0. The highest BCUT2D eigenvalue weighted by molar-refractivity contribution is 5.72. The molecule has 116 valence electrons. The average Bonchev–Trinajstić information content (AvgIpc) is 2.91. The molecule has 0 aliphatic carbocycles. The van der Waals surface area contributed by atoms with Crippen molar-refractivity contribution in [2.75, 3.05) is 13.1 Å². The van der Waals surface area contributed by atoms with Gasteiger partial charge in [0.1, 0.15) is 11.9 Å². The van der Waals surface area contributed by atoms with Gasteiger partial charge in [-0.05, 0) is 52.5 Å². The Morgan fingerprint density at radius 2 is 2.19 bits per heavy atom. The molecule has 2 aliphatic rings. The highest BCUT2D eigenvalue weighted by atomic mass is 16.4. The van der Waals surface area contributed by atoms with E-state index in [4.69, 9.17) is 0 Å². The lowest BCUT2D eigenvalue weighted by molar-refractivity contribution is -0.141. The van der Waals surface area contributed by atoms with E-state index in [2.05, 4.69) is 23.7 Å². The van der Waals surface area contributed by atoms with E-state index in [1.165, 1.54) is 6.42 Å². The number of carbonyl (C=O) groups is 1. The Morgan fingerprint density at radius 1 is 1.38 bits per heavy atom. The van der Waals surface area contributed by atoms with Gasteiger partial charge in [-0.2, -0.15) is 0 Å². The standard InChI is InChI=1S/C16H25N3O2/c1-11(2)18-8-4-5-12(10-18)15-17-9-13-6-3-7-14(16(20)21)19(13)15/h9,11-12,14H,3-8,10H2,1-2H3,(H,20,21). The Labute approximate surface area is 126 Å². The molecule has 0 radical (unpaired) electrons. The minimum absolute atomic E-state index is 0.370. The maximum Gasteiger partial charge on any atom is 0.326 e. The van der Waals surface area contributed by atoms with Crippen molar-refractivity contribution in [1.82, 2.24) is 14.5 Å². The van der Waals surface area contributed by atoms with Crippen LogP contribution in [0, 0.1) is 0 Å². The summed E-state index contributed by atoms with van der Waals surface area (Å²) in [6.07, 6.45) is 6.82. The van der Waals surface area contributed by atoms with Gasteiger partial charge in [0.25, 0.3) is 0 Å². The van der Waals surface area contributed by atoms with Crippen LogP contribution in [-0.4, -0.2) is 44.7 Å². The number of hydrogen-bond donors (Lipinski definition) is 1. The Bertz CT molecular complexity index is 524. The highest BCUT2D eigenvalue weighted by Gasteiger charge is 2.33. The summed E-state index contributed by atoms with van der Waals surface area (Å²) in [6, 6.07) is 0.125. The first-order chi connectivity index (χ1) is 10.1. The summed E-state index contributed by atoms with van der Waals surface area (Å²) in [5.41, 5.74) is 1.10. The number of aliphatic carboxylic acids is 1. The second-order valence-corrected chi connectivity index (χ2v) is 6.65. The van der Waals surface area contributed by atoms with Crippen molar-refractivity contribution in [1.29, 1.82) is 0 Å². The zero-order valence-electron chi connectivity index (χ0n) is 13.0. The van der Waals surface area contributed by atoms with Crippen LogP contribution in [0.2, 0.25) is 0 Å². The van der Waals surface area contributed by atoms with Gasteiger partial charge in [-0.1, -0.05) is 0 Å². The average molecular weight is 291 g/mol. The second-order valence-electron chi connectivity index (χ2n) is 6.65. The van der Waals surface area contributed by atoms with Crippen LogP contribution in [0.5, 0.6) is 0 Å². The van der Waals surface area contributed by atoms with Gasteiger partial charge < -0.3 is 14.6 Å². The second kappa shape index (κ2) is 5.79. The quantitative estimate of drug-likeness (QED) is 0.929. The smallest absolute Gasteiger partial charge is 0.326 e. The number of aromatic nitrogens is 2. The summed E-state index contributed by atoms with van der Waals surface area (Å²) in [6.45, 7) is 6.59. The molecule has 1 fully saturated rings. The van der Waals surface area contributed by atoms with Crippen molar-refractivity contribution < 1.29 is 9.90 Å². The minimum atomic E-state index is -0.716. The van der Waals surface area contributed by atoms with E-state index in [0.717, 1.165) is 50.3 Å². The molecule has 0 bridgehead atoms. The summed E-state index contributed by atoms with van der Waals surface area (Å²) in [7, 11) is 0. The van der Waals surface area contributed by atoms with Gasteiger partial charge in [0, 0.05) is 30.4 Å². The van der Waals surface area contributed by atoms with Crippen LogP contribution in [-0.2, 0) is 11.2 Å². The third kappa shape index (κ3) is 2.71. The van der Waals surface area contributed by atoms with Gasteiger partial charge in [0.2, 0.25) is 0 Å². The van der Waals surface area contributed by atoms with Crippen molar-refractivity contribution >= 4 is 5.97 Å². The van der Waals surface area contributed by atoms with Gasteiger partial charge in [-0.15, -0.1) is 0 Å². The van der Waals surface area contributed by atoms with E-state index in [0.29, 0.717) is 12.0 Å². The number of fused-ring (bicyclic) bond motifs is 1. The lowest BCUT2D eigenvalue weighted by atomic mass is 9.94. The number of carboxylic acids is 1. The van der Waals surface area contributed by atoms with Crippen LogP contribution in [0.1, 0.15) is 63.0 Å². The fourth-order valence-electron chi connectivity index (χ4n) is 3.78. The van der Waals surface area contributed by atoms with Crippen LogP contribution in [0.15, 0.2) is 6.20 Å². The van der Waals surface area contributed by atoms with Crippen molar-refractivity contribution in [2.24, 2.45) is 0 Å². The number of piperidine rings is 1. The predicted molar refractivity (Wildman–Crippen MR) is 80.5 cm³/mol. The molecule has 3 heterocycles. The maximum absolute atomic E-state index is 11.6. The normalized spacial score (nSPS) is 26.8. The number of likely N-dealkylation sites (tertiary alicyclic amines) is 1. The summed E-state index contributed by atoms with van der Waals surface area (Å²) in [5, 5.41) is 9.51. The molecule has 5 heteroatoms. The Hall–Kier alpha value is -1.36. The molecule has 1 aromatic heterocycles. The van der Waals surface area contributed by atoms with Crippen LogP contribution in [0.3, 0.4) is 0 Å². The van der Waals surface area contributed by atoms with Crippen LogP contribution in [0.4, 0.5) is 0 Å². The Morgan fingerprint density at radius 3 is 2.90 bits per heavy atom. The van der Waals surface area contributed by atoms with E-state index in [9.17, 15) is 9.90 Å². The van der Waals surface area contributed by atoms with Crippen molar-refractivity contribution in [3.8, 4) is 0 Å². The number of imidazole rings is 1. The minimum Gasteiger partial charge on any atom is -0.480 e. The molecule has 2 unspecified atom stereocenters. The molecule has 21 heavy (non-hydrogen) atoms. The number of carboxylic acid groups (broad SMARTS) is 1. The first-order valence-electron chi connectivity index (χ1n) is 8.10. The summed E-state index contributed by atoms with van der Waals surface area (Å²) < 4.78 is 2.03. The van der Waals surface area contributed by atoms with E-state index in [-0.39, 0.29) is 0 Å². The largest absolute Gasteiger partial charge is 0.480 e. The summed E-state index contributed by atoms with van der Waals surface area (Å²) >= 11 is 0. The first-order valence-corrected chi connectivity index (χ1v) is 8.10. The fourth-order valence-corrected chi connectivity index (χ4v) is 3.78. The first kappa shape index (κ1) is 14.6. The molecular formula is C16H25N3O2. The monoisotopic (exact) mass is 291 g/mol. The maximum atomic E-state index is 11.6. The van der Waals surface area contributed by atoms with Crippen LogP contribution in [0.25, 0.3) is 0 Å². The molecular weight excluding hydrogens is 266 g/mol. The van der Waals surface area contributed by atoms with E-state index in [1.54, 1.807) is 0 Å². The number of rotatable bonds is 3. The van der Waals surface area contributed by atoms with Gasteiger partial charge in [0.15, 0.2) is 0 Å². The third-order valence-electron chi connectivity index (χ3n) is 4.96. The molecule has 3 rings (SSSR count). The predicted octanol–water partition coefficient (Wildman–Crippen LogP) is 2.43. The molecule has 0 spiro atoms. The molecule has 0 amide bonds. The van der Waals surface area contributed by atoms with Gasteiger partial charge >= 0.3 is 5.97 Å². The molecule has 1 N–H and O–H groups in total. The zero-order chi connectivity index (χ0) is 15.0. The number of aryl methyl sites for hydroxylation is 1. The third-order valence-corrected chi connectivity index (χ3v) is 4.96. The molecule has 2 atom stereocenters. The molecule has 0 aromatic carbocycles. The van der Waals surface area contributed by atoms with Crippen molar-refractivity contribution in [3.63, 3.8) is 0 Å². The molecule has 2 aliphatic heterocycles. The number of hydrogen-bond acceptors (Lipinski definition) is 3. The number of nitrogens with zero attached hydrogens (tertiary/aromatic N) is 3. The Kier molecular flexibility index (Phi) is 4.02. The van der Waals surface area contributed by atoms with Gasteiger partial charge in [0.05, 0.1) is 0 Å². The summed E-state index contributed by atoms with van der Waals surface area (Å²) in [4.78, 5) is 18.7. The fraction of sp³-hybridized carbons (Fsp3) is 0.750. The lowest BCUT2D eigenvalue weighted by Crippen LogP contribution is -2.40. The van der Waals surface area contributed by atoms with E-state index < -0.39 is 12.0 Å². The van der Waals surface area contributed by atoms with Crippen LogP contribution < -0.4 is 0 Å². The molecule has 0 saturated carbocycles. The Balaban J connectivity index is 1.89. The lowest BCUT2D eigenvalue weighted by Gasteiger charge is -2.36. The van der Waals surface area contributed by atoms with Crippen molar-refractivity contribution in [3.05, 3.63) is 17.7 Å². The topological polar surface area (TPSA) is 58.4 Å². The van der Waals surface area contributed by atoms with Gasteiger partial charge in [-0.25, -0.2) is 9.78 Å². The molecule has 1 aromatic rings.